The first-order chi connectivity index (χ1) is 8.98. The number of hydrogen-bond donors (Lipinski definition) is 1. The van der Waals surface area contributed by atoms with Gasteiger partial charge in [0, 0.05) is 5.54 Å². The molecule has 0 radical (unpaired) electrons. The molecular weight excluding hydrogens is 252 g/mol. The molecule has 0 bridgehead atoms. The summed E-state index contributed by atoms with van der Waals surface area (Å²) in [5, 5.41) is 0. The Hall–Kier alpha value is -1.49. The molecule has 0 aliphatic heterocycles. The molecule has 2 rings (SSSR count). The molecule has 1 aromatic carbocycles. The van der Waals surface area contributed by atoms with Crippen LogP contribution in [-0.4, -0.2) is 13.1 Å². The van der Waals surface area contributed by atoms with Gasteiger partial charge in [0.1, 0.15) is 0 Å². The molecule has 0 aromatic heterocycles. The summed E-state index contributed by atoms with van der Waals surface area (Å²) in [5.41, 5.74) is 5.65. The fourth-order valence-corrected chi connectivity index (χ4v) is 2.61. The fourth-order valence-electron chi connectivity index (χ4n) is 2.61. The van der Waals surface area contributed by atoms with E-state index in [2.05, 4.69) is 4.74 Å². The lowest BCUT2D eigenvalue weighted by atomic mass is 9.77. The van der Waals surface area contributed by atoms with Crippen LogP contribution in [0, 0.1) is 11.6 Å². The zero-order valence-electron chi connectivity index (χ0n) is 10.8. The topological polar surface area (TPSA) is 52.3 Å². The summed E-state index contributed by atoms with van der Waals surface area (Å²) in [7, 11) is 1.13. The number of esters is 1. The summed E-state index contributed by atoms with van der Waals surface area (Å²) >= 11 is 0. The number of hydrogen-bond acceptors (Lipinski definition) is 3. The summed E-state index contributed by atoms with van der Waals surface area (Å²) in [6, 6.07) is 2.41. The monoisotopic (exact) mass is 269 g/mol. The standard InChI is InChI=1S/C14H17F2NO2/c1-19-13(18)10-7-9(8-11(15)12(10)16)14(17)5-3-2-4-6-14/h7-8H,2-6,17H2,1H3. The summed E-state index contributed by atoms with van der Waals surface area (Å²) < 4.78 is 31.7. The van der Waals surface area contributed by atoms with E-state index in [9.17, 15) is 13.6 Å². The molecule has 1 saturated carbocycles. The molecule has 5 heteroatoms. The Morgan fingerprint density at radius 1 is 1.26 bits per heavy atom. The van der Waals surface area contributed by atoms with Crippen LogP contribution < -0.4 is 5.73 Å². The number of rotatable bonds is 2. The average Bonchev–Trinajstić information content (AvgIpc) is 2.41. The van der Waals surface area contributed by atoms with Crippen LogP contribution in [0.1, 0.15) is 48.0 Å². The molecule has 1 fully saturated rings. The van der Waals surface area contributed by atoms with E-state index >= 15 is 0 Å². The van der Waals surface area contributed by atoms with Gasteiger partial charge in [-0.05, 0) is 30.5 Å². The smallest absolute Gasteiger partial charge is 0.340 e. The van der Waals surface area contributed by atoms with E-state index in [4.69, 9.17) is 5.73 Å². The predicted molar refractivity (Wildman–Crippen MR) is 66.6 cm³/mol. The van der Waals surface area contributed by atoms with Gasteiger partial charge < -0.3 is 10.5 Å². The predicted octanol–water partition coefficient (Wildman–Crippen LogP) is 2.87. The van der Waals surface area contributed by atoms with Crippen molar-refractivity contribution in [3.63, 3.8) is 0 Å². The highest BCUT2D eigenvalue weighted by Crippen LogP contribution is 2.36. The highest BCUT2D eigenvalue weighted by atomic mass is 19.2. The van der Waals surface area contributed by atoms with Gasteiger partial charge in [-0.15, -0.1) is 0 Å². The first kappa shape index (κ1) is 13.9. The van der Waals surface area contributed by atoms with Crippen LogP contribution in [0.5, 0.6) is 0 Å². The molecular formula is C14H17F2NO2. The van der Waals surface area contributed by atoms with E-state index in [-0.39, 0.29) is 0 Å². The van der Waals surface area contributed by atoms with Gasteiger partial charge >= 0.3 is 5.97 Å². The number of ether oxygens (including phenoxy) is 1. The molecule has 1 aromatic rings. The molecule has 0 atom stereocenters. The third-order valence-corrected chi connectivity index (χ3v) is 3.75. The molecule has 0 unspecified atom stereocenters. The average molecular weight is 269 g/mol. The number of methoxy groups -OCH3 is 1. The van der Waals surface area contributed by atoms with Crippen molar-refractivity contribution in [1.82, 2.24) is 0 Å². The largest absolute Gasteiger partial charge is 0.465 e. The van der Waals surface area contributed by atoms with E-state index in [0.717, 1.165) is 32.4 Å². The number of benzene rings is 1. The number of nitrogens with two attached hydrogens (primary N) is 1. The SMILES string of the molecule is COC(=O)c1cc(C2(N)CCCCC2)cc(F)c1F. The van der Waals surface area contributed by atoms with Crippen molar-refractivity contribution in [3.05, 3.63) is 34.9 Å². The Morgan fingerprint density at radius 2 is 1.89 bits per heavy atom. The van der Waals surface area contributed by atoms with Crippen molar-refractivity contribution in [2.45, 2.75) is 37.6 Å². The lowest BCUT2D eigenvalue weighted by Gasteiger charge is -2.34. The van der Waals surface area contributed by atoms with E-state index in [0.29, 0.717) is 18.4 Å². The van der Waals surface area contributed by atoms with Crippen molar-refractivity contribution in [2.75, 3.05) is 7.11 Å². The minimum absolute atomic E-state index is 0.395. The normalized spacial score (nSPS) is 18.1. The molecule has 104 valence electrons. The van der Waals surface area contributed by atoms with Crippen molar-refractivity contribution in [3.8, 4) is 0 Å². The second-order valence-corrected chi connectivity index (χ2v) is 5.03. The minimum atomic E-state index is -1.19. The van der Waals surface area contributed by atoms with Crippen LogP contribution in [-0.2, 0) is 10.3 Å². The Labute approximate surface area is 110 Å². The van der Waals surface area contributed by atoms with Crippen molar-refractivity contribution < 1.29 is 18.3 Å². The Balaban J connectivity index is 2.47. The van der Waals surface area contributed by atoms with Crippen LogP contribution in [0.25, 0.3) is 0 Å². The maximum Gasteiger partial charge on any atom is 0.340 e. The summed E-state index contributed by atoms with van der Waals surface area (Å²) in [6.07, 6.45) is 4.40. The van der Waals surface area contributed by atoms with E-state index in [1.54, 1.807) is 0 Å². The van der Waals surface area contributed by atoms with Crippen molar-refractivity contribution in [2.24, 2.45) is 5.73 Å². The van der Waals surface area contributed by atoms with Gasteiger partial charge in [0.25, 0.3) is 0 Å². The van der Waals surface area contributed by atoms with Gasteiger partial charge in [-0.2, -0.15) is 0 Å². The van der Waals surface area contributed by atoms with Gasteiger partial charge in [0.15, 0.2) is 11.6 Å². The lowest BCUT2D eigenvalue weighted by Crippen LogP contribution is -2.39. The molecule has 19 heavy (non-hydrogen) atoms. The second-order valence-electron chi connectivity index (χ2n) is 5.03. The van der Waals surface area contributed by atoms with Crippen molar-refractivity contribution in [1.29, 1.82) is 0 Å². The van der Waals surface area contributed by atoms with Crippen LogP contribution in [0.2, 0.25) is 0 Å². The molecule has 0 spiro atoms. The highest BCUT2D eigenvalue weighted by molar-refractivity contribution is 5.90. The Kier molecular flexibility index (Phi) is 3.85. The summed E-state index contributed by atoms with van der Waals surface area (Å²) in [6.45, 7) is 0. The van der Waals surface area contributed by atoms with Gasteiger partial charge in [-0.25, -0.2) is 13.6 Å². The van der Waals surface area contributed by atoms with Gasteiger partial charge in [-0.3, -0.25) is 0 Å². The molecule has 3 nitrogen and oxygen atoms in total. The number of carbonyl (C=O) groups excluding carboxylic acids is 1. The first-order valence-corrected chi connectivity index (χ1v) is 6.34. The third-order valence-electron chi connectivity index (χ3n) is 3.75. The molecule has 1 aliphatic rings. The number of carbonyl (C=O) groups is 1. The molecule has 2 N–H and O–H groups in total. The third kappa shape index (κ3) is 2.61. The van der Waals surface area contributed by atoms with E-state index in [1.807, 2.05) is 0 Å². The first-order valence-electron chi connectivity index (χ1n) is 6.34. The molecule has 0 amide bonds. The second kappa shape index (κ2) is 5.25. The van der Waals surface area contributed by atoms with Crippen LogP contribution in [0.3, 0.4) is 0 Å². The summed E-state index contributed by atoms with van der Waals surface area (Å²) in [4.78, 5) is 11.5. The minimum Gasteiger partial charge on any atom is -0.465 e. The van der Waals surface area contributed by atoms with Crippen LogP contribution in [0.15, 0.2) is 12.1 Å². The van der Waals surface area contributed by atoms with E-state index < -0.39 is 28.7 Å². The lowest BCUT2D eigenvalue weighted by molar-refractivity contribution is 0.0594. The molecule has 0 heterocycles. The van der Waals surface area contributed by atoms with Gasteiger partial charge in [0.05, 0.1) is 12.7 Å². The quantitative estimate of drug-likeness (QED) is 0.840. The summed E-state index contributed by atoms with van der Waals surface area (Å²) in [5.74, 6) is -3.14. The Morgan fingerprint density at radius 3 is 2.47 bits per heavy atom. The molecule has 0 saturated heterocycles. The van der Waals surface area contributed by atoms with Crippen LogP contribution in [0.4, 0.5) is 8.78 Å². The maximum absolute atomic E-state index is 13.6. The van der Waals surface area contributed by atoms with E-state index in [1.165, 1.54) is 6.07 Å². The Bertz CT molecular complexity index is 496. The highest BCUT2D eigenvalue weighted by Gasteiger charge is 2.32. The molecule has 1 aliphatic carbocycles. The number of halogens is 2. The maximum atomic E-state index is 13.6. The fraction of sp³-hybridized carbons (Fsp3) is 0.500. The zero-order chi connectivity index (χ0) is 14.0. The van der Waals surface area contributed by atoms with Crippen molar-refractivity contribution >= 4 is 5.97 Å². The zero-order valence-corrected chi connectivity index (χ0v) is 10.8. The van der Waals surface area contributed by atoms with Gasteiger partial charge in [-0.1, -0.05) is 19.3 Å². The van der Waals surface area contributed by atoms with Gasteiger partial charge in [0.2, 0.25) is 0 Å². The van der Waals surface area contributed by atoms with Crippen LogP contribution >= 0.6 is 0 Å².